The third-order valence-electron chi connectivity index (χ3n) is 5.89. The molecule has 1 aromatic carbocycles. The van der Waals surface area contributed by atoms with Crippen LogP contribution in [0.25, 0.3) is 0 Å². The van der Waals surface area contributed by atoms with E-state index in [0.29, 0.717) is 28.3 Å². The van der Waals surface area contributed by atoms with Crippen LogP contribution in [0.2, 0.25) is 0 Å². The normalized spacial score (nSPS) is 20.8. The first-order chi connectivity index (χ1) is 16.3. The van der Waals surface area contributed by atoms with Gasteiger partial charge in [0.1, 0.15) is 23.4 Å². The van der Waals surface area contributed by atoms with Crippen LogP contribution in [-0.2, 0) is 9.53 Å². The molecule has 11 heteroatoms. The number of nitrogens with zero attached hydrogens (tertiary/aromatic N) is 3. The topological polar surface area (TPSA) is 87.0 Å². The van der Waals surface area contributed by atoms with Crippen LogP contribution in [0.15, 0.2) is 51.2 Å². The Labute approximate surface area is 202 Å². The van der Waals surface area contributed by atoms with Crippen molar-refractivity contribution in [2.24, 2.45) is 4.99 Å². The van der Waals surface area contributed by atoms with Crippen molar-refractivity contribution in [2.45, 2.75) is 24.9 Å². The van der Waals surface area contributed by atoms with Gasteiger partial charge in [0.05, 0.1) is 25.5 Å². The second kappa shape index (κ2) is 10.2. The van der Waals surface area contributed by atoms with E-state index >= 15 is 0 Å². The Morgan fingerprint density at radius 1 is 1.29 bits per heavy atom. The van der Waals surface area contributed by atoms with Crippen LogP contribution in [0.1, 0.15) is 30.1 Å². The van der Waals surface area contributed by atoms with E-state index in [1.54, 1.807) is 0 Å². The van der Waals surface area contributed by atoms with Crippen LogP contribution in [0.5, 0.6) is 0 Å². The molecule has 4 rings (SSSR count). The lowest BCUT2D eigenvalue weighted by Crippen LogP contribution is -2.42. The maximum atomic E-state index is 14.6. The molecule has 0 saturated carbocycles. The molecule has 3 heterocycles. The van der Waals surface area contributed by atoms with Gasteiger partial charge in [-0.2, -0.15) is 0 Å². The highest BCUT2D eigenvalue weighted by Gasteiger charge is 2.36. The van der Waals surface area contributed by atoms with Gasteiger partial charge in [0.2, 0.25) is 0 Å². The average molecular weight is 539 g/mol. The third-order valence-corrected chi connectivity index (χ3v) is 6.58. The number of aliphatic hydroxyl groups is 1. The maximum absolute atomic E-state index is 14.6. The summed E-state index contributed by atoms with van der Waals surface area (Å²) in [5, 5.41) is 12.7. The number of likely N-dealkylation sites (tertiary alicyclic amines) is 1. The Morgan fingerprint density at radius 3 is 2.76 bits per heavy atom. The number of pyridine rings is 1. The summed E-state index contributed by atoms with van der Waals surface area (Å²) in [5.41, 5.74) is 0.751. The Bertz CT molecular complexity index is 1170. The van der Waals surface area contributed by atoms with Gasteiger partial charge < -0.3 is 15.2 Å². The molecule has 2 aliphatic rings. The summed E-state index contributed by atoms with van der Waals surface area (Å²) in [5.74, 6) is -2.95. The fraction of sp³-hybridized carbons (Fsp3) is 0.348. The summed E-state index contributed by atoms with van der Waals surface area (Å²) in [4.78, 5) is 23.3. The number of benzene rings is 1. The van der Waals surface area contributed by atoms with Gasteiger partial charge in [-0.1, -0.05) is 22.0 Å². The molecule has 0 spiro atoms. The summed E-state index contributed by atoms with van der Waals surface area (Å²) >= 11 is 3.32. The van der Waals surface area contributed by atoms with Crippen LogP contribution in [0, 0.1) is 17.5 Å². The van der Waals surface area contributed by atoms with E-state index < -0.39 is 29.5 Å². The Balaban J connectivity index is 1.87. The molecule has 1 aromatic heterocycles. The first kappa shape index (κ1) is 24.4. The van der Waals surface area contributed by atoms with Crippen LogP contribution >= 0.6 is 15.9 Å². The van der Waals surface area contributed by atoms with Crippen LogP contribution < -0.4 is 5.32 Å². The molecule has 0 aliphatic carbocycles. The number of carbonyl (C=O) groups excluding carboxylic acids is 1. The number of ether oxygens (including phenoxy) is 1. The molecular formula is C23H22BrF3N4O3. The molecule has 34 heavy (non-hydrogen) atoms. The summed E-state index contributed by atoms with van der Waals surface area (Å²) < 4.78 is 47.3. The van der Waals surface area contributed by atoms with E-state index in [1.165, 1.54) is 25.3 Å². The zero-order chi connectivity index (χ0) is 24.4. The fourth-order valence-corrected chi connectivity index (χ4v) is 4.81. The monoisotopic (exact) mass is 538 g/mol. The largest absolute Gasteiger partial charge is 0.466 e. The lowest BCUT2D eigenvalue weighted by molar-refractivity contribution is -0.136. The number of aliphatic hydroxyl groups excluding tert-OH is 1. The summed E-state index contributed by atoms with van der Waals surface area (Å²) in [6, 6.07) is 3.53. The Kier molecular flexibility index (Phi) is 7.34. The molecule has 180 valence electrons. The van der Waals surface area contributed by atoms with Crippen molar-refractivity contribution in [3.8, 4) is 0 Å². The predicted molar refractivity (Wildman–Crippen MR) is 121 cm³/mol. The van der Waals surface area contributed by atoms with Gasteiger partial charge in [0.15, 0.2) is 11.7 Å². The second-order valence-electron chi connectivity index (χ2n) is 7.99. The highest BCUT2D eigenvalue weighted by atomic mass is 79.9. The first-order valence-electron chi connectivity index (χ1n) is 10.6. The van der Waals surface area contributed by atoms with E-state index in [-0.39, 0.29) is 36.3 Å². The minimum absolute atomic E-state index is 0.0128. The molecule has 2 atom stereocenters. The molecule has 1 fully saturated rings. The zero-order valence-corrected chi connectivity index (χ0v) is 19.8. The molecule has 2 N–H and O–H groups in total. The predicted octanol–water partition coefficient (Wildman–Crippen LogP) is 3.24. The van der Waals surface area contributed by atoms with Crippen molar-refractivity contribution >= 4 is 27.7 Å². The highest BCUT2D eigenvalue weighted by molar-refractivity contribution is 9.10. The number of aliphatic imine (C=N–C) groups is 1. The van der Waals surface area contributed by atoms with Crippen LogP contribution in [0.4, 0.5) is 13.2 Å². The number of esters is 1. The Morgan fingerprint density at radius 2 is 2.09 bits per heavy atom. The van der Waals surface area contributed by atoms with Gasteiger partial charge >= 0.3 is 5.97 Å². The van der Waals surface area contributed by atoms with Crippen molar-refractivity contribution in [1.82, 2.24) is 15.2 Å². The molecule has 7 nitrogen and oxygen atoms in total. The van der Waals surface area contributed by atoms with Crippen molar-refractivity contribution in [3.63, 3.8) is 0 Å². The quantitative estimate of drug-likeness (QED) is 0.549. The van der Waals surface area contributed by atoms with Crippen molar-refractivity contribution in [3.05, 3.63) is 74.9 Å². The van der Waals surface area contributed by atoms with Crippen molar-refractivity contribution < 1.29 is 27.8 Å². The minimum atomic E-state index is -0.991. The van der Waals surface area contributed by atoms with Crippen molar-refractivity contribution in [1.29, 1.82) is 0 Å². The molecule has 0 amide bonds. The lowest BCUT2D eigenvalue weighted by Gasteiger charge is -2.31. The number of rotatable bonds is 6. The second-order valence-corrected chi connectivity index (χ2v) is 8.84. The number of methoxy groups -OCH3 is 1. The van der Waals surface area contributed by atoms with E-state index in [2.05, 4.69) is 31.2 Å². The SMILES string of the molecule is COC(=O)C1=C(CN2CCC[C@H]2CO)NC(c2ncc(F)cc2F)=N[C@H]1c1ccc(F)cc1Br. The minimum Gasteiger partial charge on any atom is -0.466 e. The van der Waals surface area contributed by atoms with Crippen LogP contribution in [-0.4, -0.2) is 59.6 Å². The number of hydrogen-bond donors (Lipinski definition) is 2. The average Bonchev–Trinajstić information content (AvgIpc) is 3.25. The Hall–Kier alpha value is -2.76. The van der Waals surface area contributed by atoms with E-state index in [9.17, 15) is 23.1 Å². The molecule has 0 bridgehead atoms. The number of aromatic nitrogens is 1. The molecule has 0 unspecified atom stereocenters. The van der Waals surface area contributed by atoms with E-state index in [0.717, 1.165) is 19.0 Å². The van der Waals surface area contributed by atoms with Gasteiger partial charge in [0.25, 0.3) is 0 Å². The highest BCUT2D eigenvalue weighted by Crippen LogP contribution is 2.37. The van der Waals surface area contributed by atoms with E-state index in [4.69, 9.17) is 4.74 Å². The van der Waals surface area contributed by atoms with Gasteiger partial charge in [-0.15, -0.1) is 0 Å². The number of nitrogens with one attached hydrogen (secondary N) is 1. The molecule has 1 saturated heterocycles. The van der Waals surface area contributed by atoms with Crippen LogP contribution in [0.3, 0.4) is 0 Å². The lowest BCUT2D eigenvalue weighted by atomic mass is 9.95. The summed E-state index contributed by atoms with van der Waals surface area (Å²) in [6.07, 6.45) is 2.53. The molecule has 2 aliphatic heterocycles. The first-order valence-corrected chi connectivity index (χ1v) is 11.4. The standard InChI is InChI=1S/C23H22BrF3N4O3/c1-34-23(33)19-18(10-31-6-2-3-14(31)11-32)29-22(21-17(27)8-13(26)9-28-21)30-20(19)15-5-4-12(25)7-16(15)24/h4-5,7-9,14,20,32H,2-3,6,10-11H2,1H3,(H,29,30)/t14-,20-/m0/s1. The number of hydrogen-bond acceptors (Lipinski definition) is 7. The smallest absolute Gasteiger partial charge is 0.338 e. The molecule has 0 radical (unpaired) electrons. The zero-order valence-electron chi connectivity index (χ0n) is 18.2. The van der Waals surface area contributed by atoms with Crippen molar-refractivity contribution in [2.75, 3.05) is 26.8 Å². The maximum Gasteiger partial charge on any atom is 0.338 e. The third kappa shape index (κ3) is 4.86. The number of carbonyl (C=O) groups is 1. The fourth-order valence-electron chi connectivity index (χ4n) is 4.24. The van der Waals surface area contributed by atoms with Gasteiger partial charge in [-0.05, 0) is 37.1 Å². The molecule has 2 aromatic rings. The summed E-state index contributed by atoms with van der Waals surface area (Å²) in [7, 11) is 1.23. The van der Waals surface area contributed by atoms with E-state index in [1.807, 2.05) is 4.90 Å². The number of halogens is 4. The number of amidine groups is 1. The van der Waals surface area contributed by atoms with Gasteiger partial charge in [0, 0.05) is 28.8 Å². The van der Waals surface area contributed by atoms with Gasteiger partial charge in [-0.3, -0.25) is 9.89 Å². The van der Waals surface area contributed by atoms with Gasteiger partial charge in [-0.25, -0.2) is 22.9 Å². The summed E-state index contributed by atoms with van der Waals surface area (Å²) in [6.45, 7) is 0.848. The molecular weight excluding hydrogens is 517 g/mol.